The Hall–Kier alpha value is -1.65. The SMILES string of the molecule is Cc1n[nH]c(C)c1CN[C@H]1c2ccccc2C[C@@H]1O. The Morgan fingerprint density at radius 3 is 2.89 bits per heavy atom. The molecule has 1 aromatic heterocycles. The summed E-state index contributed by atoms with van der Waals surface area (Å²) in [5.74, 6) is 0. The predicted octanol–water partition coefficient (Wildman–Crippen LogP) is 1.77. The van der Waals surface area contributed by atoms with Gasteiger partial charge in [0.15, 0.2) is 0 Å². The molecule has 4 nitrogen and oxygen atoms in total. The Bertz CT molecular complexity index is 571. The van der Waals surface area contributed by atoms with Gasteiger partial charge in [0.05, 0.1) is 17.8 Å². The Morgan fingerprint density at radius 1 is 1.37 bits per heavy atom. The number of aromatic amines is 1. The van der Waals surface area contributed by atoms with Crippen LogP contribution in [0.2, 0.25) is 0 Å². The molecule has 3 rings (SSSR count). The molecular formula is C15H19N3O. The fourth-order valence-electron chi connectivity index (χ4n) is 2.87. The average Bonchev–Trinajstić information content (AvgIpc) is 2.88. The van der Waals surface area contributed by atoms with Crippen molar-refractivity contribution >= 4 is 0 Å². The Balaban J connectivity index is 1.77. The van der Waals surface area contributed by atoms with E-state index in [1.54, 1.807) is 0 Å². The fourth-order valence-corrected chi connectivity index (χ4v) is 2.87. The summed E-state index contributed by atoms with van der Waals surface area (Å²) >= 11 is 0. The number of aryl methyl sites for hydroxylation is 2. The summed E-state index contributed by atoms with van der Waals surface area (Å²) in [6, 6.07) is 8.26. The van der Waals surface area contributed by atoms with Crippen molar-refractivity contribution in [1.29, 1.82) is 0 Å². The molecule has 0 bridgehead atoms. The van der Waals surface area contributed by atoms with Crippen LogP contribution >= 0.6 is 0 Å². The molecule has 0 fully saturated rings. The number of hydrogen-bond acceptors (Lipinski definition) is 3. The molecule has 0 radical (unpaired) electrons. The van der Waals surface area contributed by atoms with Crippen LogP contribution < -0.4 is 5.32 Å². The van der Waals surface area contributed by atoms with E-state index in [4.69, 9.17) is 0 Å². The molecule has 0 amide bonds. The van der Waals surface area contributed by atoms with E-state index in [2.05, 4.69) is 27.6 Å². The van der Waals surface area contributed by atoms with Gasteiger partial charge in [0.2, 0.25) is 0 Å². The molecule has 1 aliphatic carbocycles. The van der Waals surface area contributed by atoms with Crippen molar-refractivity contribution in [2.75, 3.05) is 0 Å². The third-order valence-electron chi connectivity index (χ3n) is 3.98. The van der Waals surface area contributed by atoms with Gasteiger partial charge in [0.25, 0.3) is 0 Å². The quantitative estimate of drug-likeness (QED) is 0.785. The molecule has 2 atom stereocenters. The van der Waals surface area contributed by atoms with Crippen LogP contribution in [0.25, 0.3) is 0 Å². The maximum atomic E-state index is 10.2. The molecule has 0 spiro atoms. The van der Waals surface area contributed by atoms with Gasteiger partial charge in [0, 0.05) is 24.2 Å². The molecule has 2 aromatic rings. The number of hydrogen-bond donors (Lipinski definition) is 3. The highest BCUT2D eigenvalue weighted by molar-refractivity contribution is 5.36. The summed E-state index contributed by atoms with van der Waals surface area (Å²) < 4.78 is 0. The zero-order valence-electron chi connectivity index (χ0n) is 11.3. The van der Waals surface area contributed by atoms with Crippen molar-refractivity contribution in [3.8, 4) is 0 Å². The van der Waals surface area contributed by atoms with Crippen molar-refractivity contribution < 1.29 is 5.11 Å². The van der Waals surface area contributed by atoms with E-state index in [0.29, 0.717) is 0 Å². The molecule has 1 aliphatic rings. The van der Waals surface area contributed by atoms with Gasteiger partial charge in [-0.25, -0.2) is 0 Å². The number of nitrogens with zero attached hydrogens (tertiary/aromatic N) is 1. The summed E-state index contributed by atoms with van der Waals surface area (Å²) in [7, 11) is 0. The topological polar surface area (TPSA) is 60.9 Å². The number of nitrogens with one attached hydrogen (secondary N) is 2. The summed E-state index contributed by atoms with van der Waals surface area (Å²) in [5, 5.41) is 20.8. The van der Waals surface area contributed by atoms with Crippen molar-refractivity contribution in [2.24, 2.45) is 0 Å². The van der Waals surface area contributed by atoms with Crippen molar-refractivity contribution in [2.45, 2.75) is 39.0 Å². The van der Waals surface area contributed by atoms with Gasteiger partial charge in [-0.15, -0.1) is 0 Å². The van der Waals surface area contributed by atoms with Crippen LogP contribution in [0.15, 0.2) is 24.3 Å². The van der Waals surface area contributed by atoms with Crippen LogP contribution in [0.5, 0.6) is 0 Å². The van der Waals surface area contributed by atoms with Crippen LogP contribution in [0, 0.1) is 13.8 Å². The summed E-state index contributed by atoms with van der Waals surface area (Å²) in [6.07, 6.45) is 0.391. The number of rotatable bonds is 3. The van der Waals surface area contributed by atoms with Crippen LogP contribution in [-0.4, -0.2) is 21.4 Å². The summed E-state index contributed by atoms with van der Waals surface area (Å²) in [4.78, 5) is 0. The van der Waals surface area contributed by atoms with Crippen molar-refractivity contribution in [3.63, 3.8) is 0 Å². The molecule has 4 heteroatoms. The van der Waals surface area contributed by atoms with Crippen molar-refractivity contribution in [3.05, 3.63) is 52.3 Å². The average molecular weight is 257 g/mol. The first kappa shape index (κ1) is 12.4. The number of H-pyrrole nitrogens is 1. The van der Waals surface area contributed by atoms with Gasteiger partial charge >= 0.3 is 0 Å². The lowest BCUT2D eigenvalue weighted by molar-refractivity contribution is 0.140. The van der Waals surface area contributed by atoms with Crippen molar-refractivity contribution in [1.82, 2.24) is 15.5 Å². The van der Waals surface area contributed by atoms with E-state index in [9.17, 15) is 5.11 Å². The van der Waals surface area contributed by atoms with Crippen LogP contribution in [0.4, 0.5) is 0 Å². The standard InChI is InChI=1S/C15H19N3O/c1-9-13(10(2)18-17-9)8-16-15-12-6-4-3-5-11(12)7-14(15)19/h3-6,14-16,19H,7-8H2,1-2H3,(H,17,18)/t14-,15-/m0/s1. The molecule has 1 aromatic carbocycles. The number of aliphatic hydroxyl groups is 1. The molecule has 0 aliphatic heterocycles. The second kappa shape index (κ2) is 4.79. The second-order valence-corrected chi connectivity index (χ2v) is 5.24. The highest BCUT2D eigenvalue weighted by Gasteiger charge is 2.30. The van der Waals surface area contributed by atoms with Crippen LogP contribution in [0.3, 0.4) is 0 Å². The summed E-state index contributed by atoms with van der Waals surface area (Å²) in [5.41, 5.74) is 5.76. The third kappa shape index (κ3) is 2.17. The monoisotopic (exact) mass is 257 g/mol. The largest absolute Gasteiger partial charge is 0.391 e. The molecule has 0 unspecified atom stereocenters. The minimum absolute atomic E-state index is 0.0184. The van der Waals surface area contributed by atoms with Gasteiger partial charge in [-0.1, -0.05) is 24.3 Å². The first-order valence-electron chi connectivity index (χ1n) is 6.66. The first-order chi connectivity index (χ1) is 9.16. The van der Waals surface area contributed by atoms with Gasteiger partial charge < -0.3 is 10.4 Å². The second-order valence-electron chi connectivity index (χ2n) is 5.24. The molecule has 1 heterocycles. The van der Waals surface area contributed by atoms with Crippen LogP contribution in [0.1, 0.15) is 34.1 Å². The highest BCUT2D eigenvalue weighted by atomic mass is 16.3. The number of benzene rings is 1. The lowest BCUT2D eigenvalue weighted by atomic mass is 10.1. The minimum Gasteiger partial charge on any atom is -0.391 e. The zero-order valence-corrected chi connectivity index (χ0v) is 11.3. The first-order valence-corrected chi connectivity index (χ1v) is 6.66. The smallest absolute Gasteiger partial charge is 0.0775 e. The molecule has 100 valence electrons. The normalized spacial score (nSPS) is 21.6. The number of aliphatic hydroxyl groups excluding tert-OH is 1. The third-order valence-corrected chi connectivity index (χ3v) is 3.98. The number of aromatic nitrogens is 2. The van der Waals surface area contributed by atoms with E-state index in [-0.39, 0.29) is 12.1 Å². The molecule has 0 saturated carbocycles. The number of fused-ring (bicyclic) bond motifs is 1. The molecular weight excluding hydrogens is 238 g/mol. The van der Waals surface area contributed by atoms with E-state index < -0.39 is 0 Å². The zero-order chi connectivity index (χ0) is 13.4. The van der Waals surface area contributed by atoms with Gasteiger partial charge in [-0.2, -0.15) is 5.10 Å². The van der Waals surface area contributed by atoms with E-state index in [0.717, 1.165) is 24.4 Å². The highest BCUT2D eigenvalue weighted by Crippen LogP contribution is 2.31. The summed E-state index contributed by atoms with van der Waals surface area (Å²) in [6.45, 7) is 4.75. The van der Waals surface area contributed by atoms with Gasteiger partial charge in [-0.05, 0) is 25.0 Å². The van der Waals surface area contributed by atoms with Crippen LogP contribution in [-0.2, 0) is 13.0 Å². The van der Waals surface area contributed by atoms with Gasteiger partial charge in [0.1, 0.15) is 0 Å². The Kier molecular flexibility index (Phi) is 3.12. The van der Waals surface area contributed by atoms with E-state index >= 15 is 0 Å². The molecule has 19 heavy (non-hydrogen) atoms. The fraction of sp³-hybridized carbons (Fsp3) is 0.400. The van der Waals surface area contributed by atoms with E-state index in [1.807, 2.05) is 26.0 Å². The maximum absolute atomic E-state index is 10.2. The lowest BCUT2D eigenvalue weighted by Crippen LogP contribution is -2.28. The Morgan fingerprint density at radius 2 is 2.16 bits per heavy atom. The van der Waals surface area contributed by atoms with E-state index in [1.165, 1.54) is 16.7 Å². The maximum Gasteiger partial charge on any atom is 0.0775 e. The minimum atomic E-state index is -0.343. The lowest BCUT2D eigenvalue weighted by Gasteiger charge is -2.18. The Labute approximate surface area is 112 Å². The van der Waals surface area contributed by atoms with Gasteiger partial charge in [-0.3, -0.25) is 5.10 Å². The molecule has 0 saturated heterocycles. The molecule has 3 N–H and O–H groups in total. The predicted molar refractivity (Wildman–Crippen MR) is 73.8 cm³/mol.